The molecule has 0 atom stereocenters. The van der Waals surface area contributed by atoms with Crippen molar-refractivity contribution in [3.8, 4) is 0 Å². The second-order valence-corrected chi connectivity index (χ2v) is 2.91. The van der Waals surface area contributed by atoms with Gasteiger partial charge >= 0.3 is 0 Å². The maximum atomic E-state index is 3.00. The summed E-state index contributed by atoms with van der Waals surface area (Å²) < 4.78 is 1.37. The van der Waals surface area contributed by atoms with Crippen LogP contribution in [0, 0.1) is 0 Å². The van der Waals surface area contributed by atoms with Gasteiger partial charge in [-0.1, -0.05) is 18.2 Å². The van der Waals surface area contributed by atoms with Gasteiger partial charge in [0.2, 0.25) is 0 Å². The fraction of sp³-hybridized carbons (Fsp3) is 0. The topological polar surface area (TPSA) is 0 Å². The van der Waals surface area contributed by atoms with Crippen molar-refractivity contribution in [2.24, 2.45) is 0 Å². The molecule has 0 aliphatic heterocycles. The van der Waals surface area contributed by atoms with Gasteiger partial charge in [-0.15, -0.1) is 24.5 Å². The van der Waals surface area contributed by atoms with Crippen LogP contribution in [-0.4, -0.2) is 0 Å². The van der Waals surface area contributed by atoms with E-state index in [1.165, 1.54) is 10.1 Å². The van der Waals surface area contributed by atoms with Crippen LogP contribution in [0.15, 0.2) is 48.9 Å². The highest BCUT2D eigenvalue weighted by Crippen LogP contribution is 2.18. The molecule has 0 nitrogen and oxygen atoms in total. The first kappa shape index (κ1) is 8.02. The summed E-state index contributed by atoms with van der Waals surface area (Å²) in [4.78, 5) is 0. The Morgan fingerprint density at radius 1 is 1.00 bits per heavy atom. The minimum absolute atomic E-state index is 1.35. The zero-order chi connectivity index (χ0) is 8.10. The molecular formula is C10H10S. The highest BCUT2D eigenvalue weighted by molar-refractivity contribution is 7.17. The Bertz CT molecular complexity index is 292. The Morgan fingerprint density at radius 2 is 1.73 bits per heavy atom. The number of thiophene rings is 1. The maximum absolute atomic E-state index is 3.00. The first-order valence-electron chi connectivity index (χ1n) is 3.39. The van der Waals surface area contributed by atoms with Crippen LogP contribution in [0.25, 0.3) is 10.1 Å². The van der Waals surface area contributed by atoms with Crippen LogP contribution >= 0.6 is 11.3 Å². The lowest BCUT2D eigenvalue weighted by Gasteiger charge is -1.82. The molecule has 0 spiro atoms. The van der Waals surface area contributed by atoms with Gasteiger partial charge in [0, 0.05) is 4.70 Å². The van der Waals surface area contributed by atoms with Gasteiger partial charge in [0.15, 0.2) is 0 Å². The predicted molar refractivity (Wildman–Crippen MR) is 53.1 cm³/mol. The molecule has 56 valence electrons. The van der Waals surface area contributed by atoms with Crippen molar-refractivity contribution in [2.45, 2.75) is 0 Å². The Morgan fingerprint density at radius 3 is 2.45 bits per heavy atom. The lowest BCUT2D eigenvalue weighted by atomic mass is 10.3. The average molecular weight is 162 g/mol. The van der Waals surface area contributed by atoms with Gasteiger partial charge in [0.05, 0.1) is 0 Å². The quantitative estimate of drug-likeness (QED) is 0.518. The largest absolute Gasteiger partial charge is 0.144 e. The zero-order valence-electron chi connectivity index (χ0n) is 6.29. The molecule has 1 heteroatoms. The molecule has 0 bridgehead atoms. The Kier molecular flexibility index (Phi) is 2.87. The molecule has 0 saturated heterocycles. The Balaban J connectivity index is 0.000000281. The summed E-state index contributed by atoms with van der Waals surface area (Å²) in [5.74, 6) is 0. The van der Waals surface area contributed by atoms with Crippen LogP contribution in [-0.2, 0) is 0 Å². The molecule has 0 N–H and O–H groups in total. The third kappa shape index (κ3) is 1.69. The number of hydrogen-bond donors (Lipinski definition) is 0. The molecule has 0 aliphatic carbocycles. The van der Waals surface area contributed by atoms with Gasteiger partial charge in [-0.2, -0.15) is 0 Å². The molecule has 0 aliphatic rings. The third-order valence-electron chi connectivity index (χ3n) is 1.36. The van der Waals surface area contributed by atoms with Crippen molar-refractivity contribution in [3.05, 3.63) is 48.9 Å². The maximum Gasteiger partial charge on any atom is 0.0342 e. The van der Waals surface area contributed by atoms with Crippen molar-refractivity contribution in [3.63, 3.8) is 0 Å². The lowest BCUT2D eigenvalue weighted by Crippen LogP contribution is -1.56. The molecule has 0 saturated carbocycles. The summed E-state index contributed by atoms with van der Waals surface area (Å²) in [7, 11) is 0. The van der Waals surface area contributed by atoms with Gasteiger partial charge in [-0.3, -0.25) is 0 Å². The highest BCUT2D eigenvalue weighted by Gasteiger charge is 1.87. The number of rotatable bonds is 0. The van der Waals surface area contributed by atoms with Gasteiger partial charge in [0.25, 0.3) is 0 Å². The van der Waals surface area contributed by atoms with Crippen molar-refractivity contribution < 1.29 is 0 Å². The molecule has 0 amide bonds. The average Bonchev–Trinajstić information content (AvgIpc) is 2.55. The van der Waals surface area contributed by atoms with E-state index >= 15 is 0 Å². The zero-order valence-corrected chi connectivity index (χ0v) is 7.10. The standard InChI is InChI=1S/C8H6S.C2H4/c1-2-4-8-7(3-1)5-6-9-8;1-2/h1-6H;1-2H2. The lowest BCUT2D eigenvalue weighted by molar-refractivity contribution is 1.86. The summed E-state index contributed by atoms with van der Waals surface area (Å²) in [6, 6.07) is 10.5. The number of fused-ring (bicyclic) bond motifs is 1. The minimum Gasteiger partial charge on any atom is -0.144 e. The van der Waals surface area contributed by atoms with Crippen molar-refractivity contribution in [2.75, 3.05) is 0 Å². The van der Waals surface area contributed by atoms with Crippen LogP contribution in [0.3, 0.4) is 0 Å². The first-order chi connectivity index (χ1) is 5.47. The van der Waals surface area contributed by atoms with E-state index in [9.17, 15) is 0 Å². The molecule has 2 aromatic rings. The fourth-order valence-electron chi connectivity index (χ4n) is 0.906. The number of benzene rings is 1. The van der Waals surface area contributed by atoms with Crippen molar-refractivity contribution in [1.82, 2.24) is 0 Å². The molecule has 2 rings (SSSR count). The summed E-state index contributed by atoms with van der Waals surface area (Å²) >= 11 is 1.79. The SMILES string of the molecule is C=C.c1ccc2sccc2c1. The number of hydrogen-bond acceptors (Lipinski definition) is 1. The van der Waals surface area contributed by atoms with Crippen LogP contribution in [0.2, 0.25) is 0 Å². The highest BCUT2D eigenvalue weighted by atomic mass is 32.1. The normalized spacial score (nSPS) is 8.73. The molecular weight excluding hydrogens is 152 g/mol. The molecule has 11 heavy (non-hydrogen) atoms. The summed E-state index contributed by atoms with van der Waals surface area (Å²) in [6.07, 6.45) is 0. The predicted octanol–water partition coefficient (Wildman–Crippen LogP) is 3.70. The summed E-state index contributed by atoms with van der Waals surface area (Å²) in [5.41, 5.74) is 0. The van der Waals surface area contributed by atoms with Gasteiger partial charge < -0.3 is 0 Å². The van der Waals surface area contributed by atoms with E-state index in [0.29, 0.717) is 0 Å². The molecule has 1 heterocycles. The Hall–Kier alpha value is -1.08. The van der Waals surface area contributed by atoms with Crippen molar-refractivity contribution >= 4 is 21.4 Å². The molecule has 1 aromatic heterocycles. The van der Waals surface area contributed by atoms with E-state index < -0.39 is 0 Å². The smallest absolute Gasteiger partial charge is 0.0342 e. The van der Waals surface area contributed by atoms with Gasteiger partial charge in [0.1, 0.15) is 0 Å². The van der Waals surface area contributed by atoms with Crippen LogP contribution < -0.4 is 0 Å². The fourth-order valence-corrected chi connectivity index (χ4v) is 1.70. The second kappa shape index (κ2) is 3.94. The van der Waals surface area contributed by atoms with E-state index in [-0.39, 0.29) is 0 Å². The van der Waals surface area contributed by atoms with Gasteiger partial charge in [-0.05, 0) is 22.9 Å². The van der Waals surface area contributed by atoms with Gasteiger partial charge in [-0.25, -0.2) is 0 Å². The van der Waals surface area contributed by atoms with E-state index in [1.807, 2.05) is 0 Å². The molecule has 1 aromatic carbocycles. The first-order valence-corrected chi connectivity index (χ1v) is 4.27. The summed E-state index contributed by atoms with van der Waals surface area (Å²) in [5, 5.41) is 3.47. The van der Waals surface area contributed by atoms with Crippen molar-refractivity contribution in [1.29, 1.82) is 0 Å². The molecule has 0 unspecified atom stereocenters. The van der Waals surface area contributed by atoms with Crippen LogP contribution in [0.4, 0.5) is 0 Å². The molecule has 0 fully saturated rings. The van der Waals surface area contributed by atoms with Crippen LogP contribution in [0.5, 0.6) is 0 Å². The summed E-state index contributed by atoms with van der Waals surface area (Å²) in [6.45, 7) is 6.00. The minimum atomic E-state index is 1.35. The van der Waals surface area contributed by atoms with E-state index in [1.54, 1.807) is 11.3 Å². The monoisotopic (exact) mass is 162 g/mol. The molecule has 0 radical (unpaired) electrons. The third-order valence-corrected chi connectivity index (χ3v) is 2.26. The Labute approximate surface area is 70.8 Å². The van der Waals surface area contributed by atoms with Crippen LogP contribution in [0.1, 0.15) is 0 Å². The van der Waals surface area contributed by atoms with E-state index in [4.69, 9.17) is 0 Å². The van der Waals surface area contributed by atoms with E-state index in [0.717, 1.165) is 0 Å². The second-order valence-electron chi connectivity index (χ2n) is 1.96. The van der Waals surface area contributed by atoms with E-state index in [2.05, 4.69) is 48.9 Å².